The van der Waals surface area contributed by atoms with Crippen LogP contribution in [0.3, 0.4) is 0 Å². The minimum Gasteiger partial charge on any atom is -0.437 e. The van der Waals surface area contributed by atoms with Crippen molar-refractivity contribution in [3.05, 3.63) is 35.8 Å². The van der Waals surface area contributed by atoms with Gasteiger partial charge in [-0.3, -0.25) is 10.1 Å². The second kappa shape index (κ2) is 5.64. The number of nitrogens with one attached hydrogen (secondary N) is 2. The summed E-state index contributed by atoms with van der Waals surface area (Å²) in [7, 11) is 0. The van der Waals surface area contributed by atoms with Gasteiger partial charge in [0.1, 0.15) is 5.75 Å². The quantitative estimate of drug-likeness (QED) is 0.850. The number of hydrogen-bond acceptors (Lipinski definition) is 4. The van der Waals surface area contributed by atoms with Gasteiger partial charge >= 0.3 is 0 Å². The van der Waals surface area contributed by atoms with Crippen LogP contribution < -0.4 is 10.1 Å². The molecule has 0 saturated heterocycles. The molecule has 0 aliphatic carbocycles. The van der Waals surface area contributed by atoms with E-state index in [-0.39, 0.29) is 0 Å². The molecule has 0 unspecified atom stereocenters. The van der Waals surface area contributed by atoms with Crippen molar-refractivity contribution >= 4 is 0 Å². The van der Waals surface area contributed by atoms with Crippen molar-refractivity contribution in [2.24, 2.45) is 0 Å². The number of nitrogens with zero attached hydrogens (tertiary/aromatic N) is 2. The largest absolute Gasteiger partial charge is 0.437 e. The number of H-pyrrole nitrogens is 1. The predicted molar refractivity (Wildman–Crippen MR) is 69.6 cm³/mol. The zero-order chi connectivity index (χ0) is 13.0. The normalized spacial score (nSPS) is 10.9. The maximum Gasteiger partial charge on any atom is 0.238 e. The summed E-state index contributed by atoms with van der Waals surface area (Å²) < 4.78 is 5.74. The van der Waals surface area contributed by atoms with Gasteiger partial charge in [0.25, 0.3) is 0 Å². The van der Waals surface area contributed by atoms with E-state index in [1.807, 2.05) is 25.3 Å². The first-order valence-corrected chi connectivity index (χ1v) is 6.01. The molecule has 0 aliphatic heterocycles. The summed E-state index contributed by atoms with van der Waals surface area (Å²) in [5, 5.41) is 10.3. The zero-order valence-corrected chi connectivity index (χ0v) is 10.9. The number of pyridine rings is 1. The van der Waals surface area contributed by atoms with Crippen molar-refractivity contribution in [1.29, 1.82) is 0 Å². The number of aryl methyl sites for hydroxylation is 1. The molecule has 0 atom stereocenters. The molecule has 5 heteroatoms. The van der Waals surface area contributed by atoms with Crippen LogP contribution in [-0.4, -0.2) is 21.2 Å². The number of aromatic amines is 1. The van der Waals surface area contributed by atoms with Crippen molar-refractivity contribution in [2.45, 2.75) is 33.4 Å². The third-order valence-corrected chi connectivity index (χ3v) is 2.46. The number of rotatable bonds is 5. The van der Waals surface area contributed by atoms with Crippen LogP contribution in [0.15, 0.2) is 24.5 Å². The molecule has 0 saturated carbocycles. The Morgan fingerprint density at radius 2 is 2.28 bits per heavy atom. The van der Waals surface area contributed by atoms with Gasteiger partial charge in [-0.15, -0.1) is 5.10 Å². The molecule has 2 rings (SSSR count). The SMILES string of the molecule is Cc1cc(Oc2ccncc2CNC(C)C)n[nH]1. The fourth-order valence-electron chi connectivity index (χ4n) is 1.52. The summed E-state index contributed by atoms with van der Waals surface area (Å²) in [5.74, 6) is 1.36. The Kier molecular flexibility index (Phi) is 3.94. The van der Waals surface area contributed by atoms with Gasteiger partial charge in [-0.2, -0.15) is 0 Å². The summed E-state index contributed by atoms with van der Waals surface area (Å²) in [5.41, 5.74) is 1.99. The van der Waals surface area contributed by atoms with Crippen LogP contribution in [-0.2, 0) is 6.54 Å². The van der Waals surface area contributed by atoms with E-state index in [0.717, 1.165) is 23.6 Å². The number of hydrogen-bond donors (Lipinski definition) is 2. The van der Waals surface area contributed by atoms with Crippen molar-refractivity contribution in [3.63, 3.8) is 0 Å². The highest BCUT2D eigenvalue weighted by molar-refractivity contribution is 5.33. The molecule has 2 heterocycles. The molecule has 0 radical (unpaired) electrons. The van der Waals surface area contributed by atoms with Crippen molar-refractivity contribution < 1.29 is 4.74 Å². The van der Waals surface area contributed by atoms with E-state index in [1.165, 1.54) is 0 Å². The lowest BCUT2D eigenvalue weighted by Gasteiger charge is -2.11. The Morgan fingerprint density at radius 1 is 1.44 bits per heavy atom. The molecule has 96 valence electrons. The Balaban J connectivity index is 2.11. The van der Waals surface area contributed by atoms with Gasteiger partial charge in [0, 0.05) is 42.3 Å². The highest BCUT2D eigenvalue weighted by Crippen LogP contribution is 2.23. The van der Waals surface area contributed by atoms with Crippen LogP contribution in [0.25, 0.3) is 0 Å². The summed E-state index contributed by atoms with van der Waals surface area (Å²) in [4.78, 5) is 4.12. The topological polar surface area (TPSA) is 62.8 Å². The average molecular weight is 246 g/mol. The second-order valence-corrected chi connectivity index (χ2v) is 4.51. The molecule has 5 nitrogen and oxygen atoms in total. The highest BCUT2D eigenvalue weighted by Gasteiger charge is 2.07. The van der Waals surface area contributed by atoms with Crippen LogP contribution in [0.1, 0.15) is 25.1 Å². The fourth-order valence-corrected chi connectivity index (χ4v) is 1.52. The van der Waals surface area contributed by atoms with Crippen molar-refractivity contribution in [1.82, 2.24) is 20.5 Å². The first-order valence-electron chi connectivity index (χ1n) is 6.01. The zero-order valence-electron chi connectivity index (χ0n) is 10.9. The third-order valence-electron chi connectivity index (χ3n) is 2.46. The predicted octanol–water partition coefficient (Wildman–Crippen LogP) is 2.40. The molecule has 2 N–H and O–H groups in total. The average Bonchev–Trinajstić information content (AvgIpc) is 2.73. The minimum atomic E-state index is 0.422. The molecule has 0 amide bonds. The van der Waals surface area contributed by atoms with E-state index in [4.69, 9.17) is 4.74 Å². The molecule has 2 aromatic rings. The molecule has 0 bridgehead atoms. The summed E-state index contributed by atoms with van der Waals surface area (Å²) in [6, 6.07) is 4.13. The van der Waals surface area contributed by atoms with Crippen LogP contribution >= 0.6 is 0 Å². The first kappa shape index (κ1) is 12.6. The van der Waals surface area contributed by atoms with Gasteiger partial charge in [-0.25, -0.2) is 0 Å². The Labute approximate surface area is 107 Å². The minimum absolute atomic E-state index is 0.422. The molecule has 18 heavy (non-hydrogen) atoms. The van der Waals surface area contributed by atoms with Gasteiger partial charge < -0.3 is 10.1 Å². The van der Waals surface area contributed by atoms with Gasteiger partial charge in [0.15, 0.2) is 0 Å². The maximum atomic E-state index is 5.74. The van der Waals surface area contributed by atoms with E-state index in [1.54, 1.807) is 6.20 Å². The molecule has 2 aromatic heterocycles. The van der Waals surface area contributed by atoms with Gasteiger partial charge in [0.05, 0.1) is 0 Å². The molecular formula is C13H18N4O. The van der Waals surface area contributed by atoms with E-state index >= 15 is 0 Å². The Bertz CT molecular complexity index is 507. The van der Waals surface area contributed by atoms with Crippen molar-refractivity contribution in [2.75, 3.05) is 0 Å². The summed E-state index contributed by atoms with van der Waals surface area (Å²) in [6.07, 6.45) is 3.53. The fraction of sp³-hybridized carbons (Fsp3) is 0.385. The molecular weight excluding hydrogens is 228 g/mol. The Morgan fingerprint density at radius 3 is 2.94 bits per heavy atom. The van der Waals surface area contributed by atoms with Crippen LogP contribution in [0.2, 0.25) is 0 Å². The lowest BCUT2D eigenvalue weighted by Crippen LogP contribution is -2.22. The number of ether oxygens (including phenoxy) is 1. The summed E-state index contributed by atoms with van der Waals surface area (Å²) >= 11 is 0. The lowest BCUT2D eigenvalue weighted by molar-refractivity contribution is 0.449. The summed E-state index contributed by atoms with van der Waals surface area (Å²) in [6.45, 7) is 6.87. The molecule has 0 aliphatic rings. The van der Waals surface area contributed by atoms with Crippen molar-refractivity contribution in [3.8, 4) is 11.6 Å². The molecule has 0 fully saturated rings. The Hall–Kier alpha value is -1.88. The van der Waals surface area contributed by atoms with E-state index in [0.29, 0.717) is 11.9 Å². The molecule has 0 spiro atoms. The van der Waals surface area contributed by atoms with Crippen LogP contribution in [0, 0.1) is 6.92 Å². The standard InChI is InChI=1S/C13H18N4O/c1-9(2)15-8-11-7-14-5-4-12(11)18-13-6-10(3)16-17-13/h4-7,9,15H,8H2,1-3H3,(H,16,17). The van der Waals surface area contributed by atoms with Crippen LogP contribution in [0.4, 0.5) is 0 Å². The number of aromatic nitrogens is 3. The lowest BCUT2D eigenvalue weighted by atomic mass is 10.2. The smallest absolute Gasteiger partial charge is 0.238 e. The van der Waals surface area contributed by atoms with Gasteiger partial charge in [-0.1, -0.05) is 13.8 Å². The van der Waals surface area contributed by atoms with Gasteiger partial charge in [-0.05, 0) is 13.0 Å². The van der Waals surface area contributed by atoms with Gasteiger partial charge in [0.2, 0.25) is 5.88 Å². The highest BCUT2D eigenvalue weighted by atomic mass is 16.5. The maximum absolute atomic E-state index is 5.74. The monoisotopic (exact) mass is 246 g/mol. The van der Waals surface area contributed by atoms with E-state index in [2.05, 4.69) is 34.3 Å². The first-order chi connectivity index (χ1) is 8.65. The second-order valence-electron chi connectivity index (χ2n) is 4.51. The third kappa shape index (κ3) is 3.30. The molecule has 0 aromatic carbocycles. The van der Waals surface area contributed by atoms with E-state index in [9.17, 15) is 0 Å². The van der Waals surface area contributed by atoms with Crippen LogP contribution in [0.5, 0.6) is 11.6 Å². The van der Waals surface area contributed by atoms with E-state index < -0.39 is 0 Å².